The number of aromatic nitrogens is 3. The minimum atomic E-state index is -0.341. The lowest BCUT2D eigenvalue weighted by atomic mass is 10.1. The van der Waals surface area contributed by atoms with Gasteiger partial charge in [0.2, 0.25) is 4.96 Å². The Balaban J connectivity index is 1.47. The van der Waals surface area contributed by atoms with Crippen molar-refractivity contribution in [3.63, 3.8) is 0 Å². The summed E-state index contributed by atoms with van der Waals surface area (Å²) in [5, 5.41) is 4.42. The molecule has 6 rings (SSSR count). The van der Waals surface area contributed by atoms with Crippen molar-refractivity contribution in [2.24, 2.45) is 0 Å². The predicted octanol–water partition coefficient (Wildman–Crippen LogP) is 3.29. The van der Waals surface area contributed by atoms with Gasteiger partial charge in [0.15, 0.2) is 5.82 Å². The topological polar surface area (TPSA) is 76.8 Å². The number of fused-ring (bicyclic) bond motifs is 2. The van der Waals surface area contributed by atoms with E-state index in [1.54, 1.807) is 12.0 Å². The second-order valence-electron chi connectivity index (χ2n) is 7.86. The number of anilines is 1. The van der Waals surface area contributed by atoms with Crippen LogP contribution in [0.5, 0.6) is 5.75 Å². The summed E-state index contributed by atoms with van der Waals surface area (Å²) in [6, 6.07) is 24.7. The molecule has 1 amide bonds. The maximum Gasteiger partial charge on any atom is 0.291 e. The van der Waals surface area contributed by atoms with Gasteiger partial charge in [0.05, 0.1) is 24.9 Å². The van der Waals surface area contributed by atoms with Crippen molar-refractivity contribution in [3.05, 3.63) is 105 Å². The summed E-state index contributed by atoms with van der Waals surface area (Å²) < 4.78 is 6.82. The molecule has 3 heterocycles. The summed E-state index contributed by atoms with van der Waals surface area (Å²) in [7, 11) is 1.60. The highest BCUT2D eigenvalue weighted by atomic mass is 32.1. The van der Waals surface area contributed by atoms with Crippen LogP contribution in [0, 0.1) is 0 Å². The van der Waals surface area contributed by atoms with Gasteiger partial charge in [-0.15, -0.1) is 5.10 Å². The van der Waals surface area contributed by atoms with Gasteiger partial charge in [0.1, 0.15) is 10.3 Å². The fourth-order valence-corrected chi connectivity index (χ4v) is 5.17. The van der Waals surface area contributed by atoms with Gasteiger partial charge in [-0.25, -0.2) is 0 Å². The van der Waals surface area contributed by atoms with Crippen molar-refractivity contribution in [2.75, 3.05) is 12.0 Å². The normalized spacial score (nSPS) is 14.6. The summed E-state index contributed by atoms with van der Waals surface area (Å²) >= 11 is 1.19. The molecule has 5 aromatic rings. The van der Waals surface area contributed by atoms with Gasteiger partial charge in [0.25, 0.3) is 11.5 Å². The monoisotopic (exact) mass is 466 g/mol. The number of rotatable bonds is 4. The van der Waals surface area contributed by atoms with E-state index in [1.165, 1.54) is 15.9 Å². The highest BCUT2D eigenvalue weighted by Crippen LogP contribution is 2.36. The molecule has 0 radical (unpaired) electrons. The minimum Gasteiger partial charge on any atom is -0.497 e. The average Bonchev–Trinajstić information content (AvgIpc) is 3.51. The molecule has 0 aliphatic carbocycles. The number of benzene rings is 3. The van der Waals surface area contributed by atoms with E-state index in [9.17, 15) is 9.59 Å². The third-order valence-corrected chi connectivity index (χ3v) is 6.87. The standard InChI is InChI=1S/C26H18N4O3S/c1-33-18-13-11-17(12-14-18)23-27-26-30(28-23)25(32)22(34-26)21-19-9-5-6-10-20(19)29(24(21)31)15-16-7-3-2-4-8-16/h2-14H,15H2,1H3. The first-order valence-corrected chi connectivity index (χ1v) is 11.5. The zero-order chi connectivity index (χ0) is 23.2. The molecule has 3 aromatic carbocycles. The van der Waals surface area contributed by atoms with Crippen LogP contribution in [0.15, 0.2) is 83.7 Å². The number of para-hydroxylation sites is 1. The highest BCUT2D eigenvalue weighted by Gasteiger charge is 2.34. The number of thiazole rings is 1. The van der Waals surface area contributed by atoms with E-state index in [-0.39, 0.29) is 11.5 Å². The molecule has 34 heavy (non-hydrogen) atoms. The summed E-state index contributed by atoms with van der Waals surface area (Å²) in [4.78, 5) is 33.6. The predicted molar refractivity (Wildman–Crippen MR) is 131 cm³/mol. The van der Waals surface area contributed by atoms with Crippen LogP contribution in [0.25, 0.3) is 21.9 Å². The molecule has 1 aliphatic rings. The van der Waals surface area contributed by atoms with E-state index in [1.807, 2.05) is 78.9 Å². The molecule has 0 unspecified atom stereocenters. The second-order valence-corrected chi connectivity index (χ2v) is 8.84. The molecule has 0 N–H and O–H groups in total. The molecule has 0 spiro atoms. The highest BCUT2D eigenvalue weighted by molar-refractivity contribution is 7.15. The maximum atomic E-state index is 13.6. The Morgan fingerprint density at radius 2 is 1.65 bits per heavy atom. The first kappa shape index (κ1) is 20.3. The Morgan fingerprint density at radius 3 is 2.38 bits per heavy atom. The van der Waals surface area contributed by atoms with Gasteiger partial charge >= 0.3 is 0 Å². The summed E-state index contributed by atoms with van der Waals surface area (Å²) in [6.45, 7) is 0.427. The van der Waals surface area contributed by atoms with Crippen molar-refractivity contribution < 1.29 is 9.53 Å². The SMILES string of the molecule is COc1ccc(-c2nc3sc(=C4C(=O)N(Cc5ccccc5)c5ccccc54)c(=O)n3n2)cc1. The lowest BCUT2D eigenvalue weighted by Crippen LogP contribution is -2.32. The molecule has 0 atom stereocenters. The zero-order valence-electron chi connectivity index (χ0n) is 18.1. The van der Waals surface area contributed by atoms with Gasteiger partial charge in [-0.2, -0.15) is 9.50 Å². The quantitative estimate of drug-likeness (QED) is 0.406. The molecule has 166 valence electrons. The van der Waals surface area contributed by atoms with Crippen LogP contribution in [0.1, 0.15) is 11.1 Å². The number of amides is 1. The minimum absolute atomic E-state index is 0.193. The molecule has 0 saturated carbocycles. The molecule has 0 saturated heterocycles. The smallest absolute Gasteiger partial charge is 0.291 e. The van der Waals surface area contributed by atoms with Crippen molar-refractivity contribution in [1.82, 2.24) is 14.6 Å². The molecule has 0 fully saturated rings. The molecule has 7 nitrogen and oxygen atoms in total. The van der Waals surface area contributed by atoms with Crippen LogP contribution >= 0.6 is 11.3 Å². The van der Waals surface area contributed by atoms with E-state index in [0.717, 1.165) is 28.1 Å². The van der Waals surface area contributed by atoms with Crippen LogP contribution in [-0.4, -0.2) is 27.6 Å². The van der Waals surface area contributed by atoms with E-state index in [2.05, 4.69) is 10.1 Å². The van der Waals surface area contributed by atoms with E-state index in [4.69, 9.17) is 4.74 Å². The van der Waals surface area contributed by atoms with Gasteiger partial charge < -0.3 is 9.64 Å². The van der Waals surface area contributed by atoms with Gasteiger partial charge in [-0.3, -0.25) is 9.59 Å². The number of carbonyl (C=O) groups excluding carboxylic acids is 1. The first-order valence-electron chi connectivity index (χ1n) is 10.7. The van der Waals surface area contributed by atoms with Gasteiger partial charge in [0, 0.05) is 11.1 Å². The number of ether oxygens (including phenoxy) is 1. The van der Waals surface area contributed by atoms with Gasteiger partial charge in [-0.1, -0.05) is 59.9 Å². The Bertz CT molecular complexity index is 1660. The van der Waals surface area contributed by atoms with Crippen LogP contribution in [0.3, 0.4) is 0 Å². The van der Waals surface area contributed by atoms with Crippen LogP contribution < -0.4 is 19.7 Å². The van der Waals surface area contributed by atoms with Crippen LogP contribution in [0.4, 0.5) is 5.69 Å². The number of carbonyl (C=O) groups is 1. The molecule has 2 aromatic heterocycles. The second kappa shape index (κ2) is 7.93. The first-order chi connectivity index (χ1) is 16.6. The Kier molecular flexibility index (Phi) is 4.74. The van der Waals surface area contributed by atoms with Gasteiger partial charge in [-0.05, 0) is 35.9 Å². The fourth-order valence-electron chi connectivity index (χ4n) is 4.17. The largest absolute Gasteiger partial charge is 0.497 e. The molecular weight excluding hydrogens is 448 g/mol. The number of hydrogen-bond donors (Lipinski definition) is 0. The lowest BCUT2D eigenvalue weighted by molar-refractivity contribution is -0.113. The number of hydrogen-bond acceptors (Lipinski definition) is 6. The average molecular weight is 467 g/mol. The molecular formula is C26H18N4O3S. The lowest BCUT2D eigenvalue weighted by Gasteiger charge is -2.17. The third kappa shape index (κ3) is 3.19. The molecule has 0 bridgehead atoms. The van der Waals surface area contributed by atoms with Crippen molar-refractivity contribution in [3.8, 4) is 17.1 Å². The summed E-state index contributed by atoms with van der Waals surface area (Å²) in [6.07, 6.45) is 0. The maximum absolute atomic E-state index is 13.6. The Labute approximate surface area is 198 Å². The fraction of sp³-hybridized carbons (Fsp3) is 0.0769. The van der Waals surface area contributed by atoms with E-state index in [0.29, 0.717) is 27.4 Å². The Hall–Kier alpha value is -4.30. The third-order valence-electron chi connectivity index (χ3n) is 5.84. The summed E-state index contributed by atoms with van der Waals surface area (Å²) in [5.74, 6) is 0.986. The number of methoxy groups -OCH3 is 1. The van der Waals surface area contributed by atoms with Crippen LogP contribution in [-0.2, 0) is 11.3 Å². The van der Waals surface area contributed by atoms with Crippen molar-refractivity contribution in [2.45, 2.75) is 6.54 Å². The van der Waals surface area contributed by atoms with Crippen LogP contribution in [0.2, 0.25) is 0 Å². The molecule has 1 aliphatic heterocycles. The Morgan fingerprint density at radius 1 is 0.912 bits per heavy atom. The number of nitrogens with zero attached hydrogens (tertiary/aromatic N) is 4. The summed E-state index contributed by atoms with van der Waals surface area (Å²) in [5.41, 5.74) is 3.40. The molecule has 8 heteroatoms. The van der Waals surface area contributed by atoms with E-state index >= 15 is 0 Å². The van der Waals surface area contributed by atoms with Crippen molar-refractivity contribution >= 4 is 33.5 Å². The van der Waals surface area contributed by atoms with E-state index < -0.39 is 0 Å². The van der Waals surface area contributed by atoms with Crippen molar-refractivity contribution in [1.29, 1.82) is 0 Å². The zero-order valence-corrected chi connectivity index (χ0v) is 19.0.